The minimum atomic E-state index is -4.96. The first-order chi connectivity index (χ1) is 48.8. The quantitative estimate of drug-likeness (QED) is 0.0222. The molecule has 3 N–H and O–H groups in total. The van der Waals surface area contributed by atoms with Gasteiger partial charge in [-0.25, -0.2) is 9.13 Å². The van der Waals surface area contributed by atoms with Crippen LogP contribution < -0.4 is 0 Å². The van der Waals surface area contributed by atoms with E-state index >= 15 is 0 Å². The fourth-order valence-electron chi connectivity index (χ4n) is 12.6. The molecule has 0 aliphatic carbocycles. The number of esters is 4. The van der Waals surface area contributed by atoms with E-state index in [2.05, 4.69) is 48.5 Å². The Balaban J connectivity index is 5.21. The molecule has 0 fully saturated rings. The van der Waals surface area contributed by atoms with Crippen molar-refractivity contribution in [1.29, 1.82) is 0 Å². The molecule has 0 aromatic heterocycles. The van der Waals surface area contributed by atoms with Gasteiger partial charge >= 0.3 is 39.5 Å². The second-order valence-electron chi connectivity index (χ2n) is 30.7. The Morgan fingerprint density at radius 1 is 0.287 bits per heavy atom. The summed E-state index contributed by atoms with van der Waals surface area (Å²) < 4.78 is 68.7. The Bertz CT molecular complexity index is 1960. The second-order valence-corrected chi connectivity index (χ2v) is 33.6. The van der Waals surface area contributed by atoms with Gasteiger partial charge in [0, 0.05) is 25.7 Å². The molecule has 19 heteroatoms. The highest BCUT2D eigenvalue weighted by molar-refractivity contribution is 7.47. The van der Waals surface area contributed by atoms with Crippen molar-refractivity contribution in [2.75, 3.05) is 39.6 Å². The first-order valence-electron chi connectivity index (χ1n) is 42.4. The van der Waals surface area contributed by atoms with Gasteiger partial charge in [0.2, 0.25) is 0 Å². The number of phosphoric ester groups is 2. The second kappa shape index (κ2) is 72.3. The predicted octanol–water partition coefficient (Wildman–Crippen LogP) is 24.5. The molecule has 600 valence electrons. The van der Waals surface area contributed by atoms with Gasteiger partial charge in [0.25, 0.3) is 0 Å². The normalized spacial score (nSPS) is 14.2. The van der Waals surface area contributed by atoms with Gasteiger partial charge < -0.3 is 33.8 Å². The molecular formula is C82H160O17P2. The number of hydrogen-bond acceptors (Lipinski definition) is 15. The van der Waals surface area contributed by atoms with Gasteiger partial charge in [-0.3, -0.25) is 37.3 Å². The number of phosphoric acid groups is 2. The molecule has 0 bridgehead atoms. The minimum absolute atomic E-state index is 0.105. The summed E-state index contributed by atoms with van der Waals surface area (Å²) in [4.78, 5) is 73.0. The number of carbonyl (C=O) groups excluding carboxylic acids is 4. The highest BCUT2D eigenvalue weighted by Crippen LogP contribution is 2.45. The van der Waals surface area contributed by atoms with Crippen molar-refractivity contribution in [3.8, 4) is 0 Å². The lowest BCUT2D eigenvalue weighted by Gasteiger charge is -2.21. The molecule has 3 unspecified atom stereocenters. The summed E-state index contributed by atoms with van der Waals surface area (Å²) in [7, 11) is -9.92. The van der Waals surface area contributed by atoms with E-state index in [9.17, 15) is 43.2 Å². The van der Waals surface area contributed by atoms with Crippen LogP contribution in [0.2, 0.25) is 0 Å². The molecule has 0 rings (SSSR count). The summed E-state index contributed by atoms with van der Waals surface area (Å²) in [6, 6.07) is 0. The first kappa shape index (κ1) is 99.1. The molecule has 17 nitrogen and oxygen atoms in total. The molecule has 6 atom stereocenters. The lowest BCUT2D eigenvalue weighted by Crippen LogP contribution is -2.30. The van der Waals surface area contributed by atoms with Crippen molar-refractivity contribution in [1.82, 2.24) is 0 Å². The van der Waals surface area contributed by atoms with Crippen LogP contribution in [0.3, 0.4) is 0 Å². The first-order valence-corrected chi connectivity index (χ1v) is 45.4. The van der Waals surface area contributed by atoms with Crippen molar-refractivity contribution in [2.45, 2.75) is 446 Å². The van der Waals surface area contributed by atoms with Crippen molar-refractivity contribution in [3.05, 3.63) is 0 Å². The molecule has 0 saturated heterocycles. The van der Waals surface area contributed by atoms with E-state index in [4.69, 9.17) is 37.0 Å². The summed E-state index contributed by atoms with van der Waals surface area (Å²) in [5, 5.41) is 10.6. The molecule has 0 aromatic carbocycles. The van der Waals surface area contributed by atoms with E-state index in [0.29, 0.717) is 31.6 Å². The molecule has 0 radical (unpaired) electrons. The highest BCUT2D eigenvalue weighted by atomic mass is 31.2. The number of rotatable bonds is 80. The number of carbonyl (C=O) groups is 4. The number of ether oxygens (including phenoxy) is 4. The third kappa shape index (κ3) is 74.7. The van der Waals surface area contributed by atoms with E-state index in [0.717, 1.165) is 108 Å². The Morgan fingerprint density at radius 3 is 0.752 bits per heavy atom. The lowest BCUT2D eigenvalue weighted by atomic mass is 9.99. The molecule has 101 heavy (non-hydrogen) atoms. The van der Waals surface area contributed by atoms with Gasteiger partial charge in [0.1, 0.15) is 19.3 Å². The lowest BCUT2D eigenvalue weighted by molar-refractivity contribution is -0.161. The SMILES string of the molecule is CCCCCCCCCCCCCCCCCCCCCCCCC(=O)O[C@H](COC(=O)CCCCCCCCCCCCCCCC(C)C)COP(=O)(O)OC[C@@H](O)COP(=O)(O)OC[C@@H](COC(=O)CCCCCCCCC(C)C)OC(=O)CCCCCCCCCCCCC(C)CC. The van der Waals surface area contributed by atoms with Crippen molar-refractivity contribution >= 4 is 39.5 Å². The zero-order valence-electron chi connectivity index (χ0n) is 66.4. The number of unbranched alkanes of at least 4 members (excludes halogenated alkanes) is 47. The Hall–Kier alpha value is -1.94. The zero-order valence-corrected chi connectivity index (χ0v) is 68.2. The molecule has 0 spiro atoms. The Morgan fingerprint density at radius 2 is 0.505 bits per heavy atom. The van der Waals surface area contributed by atoms with E-state index in [-0.39, 0.29) is 25.7 Å². The van der Waals surface area contributed by atoms with Crippen LogP contribution in [-0.2, 0) is 65.4 Å². The molecular weight excluding hydrogens is 1320 g/mol. The van der Waals surface area contributed by atoms with E-state index in [1.54, 1.807) is 0 Å². The molecule has 0 aliphatic rings. The average molecular weight is 1480 g/mol. The predicted molar refractivity (Wildman–Crippen MR) is 414 cm³/mol. The van der Waals surface area contributed by atoms with Crippen LogP contribution in [0.1, 0.15) is 427 Å². The number of aliphatic hydroxyl groups excluding tert-OH is 1. The van der Waals surface area contributed by atoms with Crippen molar-refractivity contribution in [3.63, 3.8) is 0 Å². The van der Waals surface area contributed by atoms with E-state index in [1.807, 2.05) is 0 Å². The fourth-order valence-corrected chi connectivity index (χ4v) is 14.2. The third-order valence-corrected chi connectivity index (χ3v) is 21.4. The summed E-state index contributed by atoms with van der Waals surface area (Å²) in [6.07, 6.45) is 61.3. The Labute approximate surface area is 619 Å². The summed E-state index contributed by atoms with van der Waals surface area (Å²) >= 11 is 0. The average Bonchev–Trinajstić information content (AvgIpc) is 0.933. The maximum atomic E-state index is 13.1. The van der Waals surface area contributed by atoms with Crippen LogP contribution in [0.15, 0.2) is 0 Å². The van der Waals surface area contributed by atoms with Crippen LogP contribution in [0.25, 0.3) is 0 Å². The van der Waals surface area contributed by atoms with E-state index in [1.165, 1.54) is 231 Å². The number of hydrogen-bond donors (Lipinski definition) is 3. The summed E-state index contributed by atoms with van der Waals surface area (Å²) in [5.41, 5.74) is 0. The standard InChI is InChI=1S/C82H160O17P2/c1-8-10-11-12-13-14-15-16-17-18-19-20-21-22-23-24-27-31-37-42-51-58-65-81(86)98-77(69-92-79(84)63-56-49-41-36-30-28-25-26-29-34-39-46-53-60-73(3)4)71-96-100(88,89)94-67-76(83)68-95-101(90,91)97-72-78(70-93-80(85)64-57-50-45-44-47-54-61-74(5)6)99-82(87)66-59-52-43-38-33-32-35-40-48-55-62-75(7)9-2/h73-78,83H,8-72H2,1-7H3,(H,88,89)(H,90,91)/t75?,76-,77-,78-/m1/s1. The topological polar surface area (TPSA) is 237 Å². The maximum Gasteiger partial charge on any atom is 0.472 e. The van der Waals surface area contributed by atoms with Gasteiger partial charge in [0.05, 0.1) is 26.4 Å². The molecule has 0 aromatic rings. The van der Waals surface area contributed by atoms with Gasteiger partial charge in [-0.15, -0.1) is 0 Å². The van der Waals surface area contributed by atoms with Gasteiger partial charge in [0.15, 0.2) is 12.2 Å². The maximum absolute atomic E-state index is 13.1. The van der Waals surface area contributed by atoms with Crippen molar-refractivity contribution < 1.29 is 80.2 Å². The van der Waals surface area contributed by atoms with Gasteiger partial charge in [-0.1, -0.05) is 376 Å². The third-order valence-electron chi connectivity index (χ3n) is 19.5. The smallest absolute Gasteiger partial charge is 0.462 e. The van der Waals surface area contributed by atoms with Crippen LogP contribution in [-0.4, -0.2) is 96.7 Å². The monoisotopic (exact) mass is 1480 g/mol. The Kier molecular flexibility index (Phi) is 70.9. The molecule has 0 saturated carbocycles. The highest BCUT2D eigenvalue weighted by Gasteiger charge is 2.30. The van der Waals surface area contributed by atoms with Crippen molar-refractivity contribution in [2.24, 2.45) is 17.8 Å². The largest absolute Gasteiger partial charge is 0.472 e. The fraction of sp³-hybridized carbons (Fsp3) is 0.951. The van der Waals surface area contributed by atoms with Gasteiger partial charge in [-0.05, 0) is 43.4 Å². The van der Waals surface area contributed by atoms with Crippen LogP contribution in [0, 0.1) is 17.8 Å². The van der Waals surface area contributed by atoms with Crippen LogP contribution in [0.5, 0.6) is 0 Å². The van der Waals surface area contributed by atoms with Gasteiger partial charge in [-0.2, -0.15) is 0 Å². The molecule has 0 amide bonds. The van der Waals surface area contributed by atoms with Crippen LogP contribution >= 0.6 is 15.6 Å². The molecule has 0 heterocycles. The van der Waals surface area contributed by atoms with E-state index < -0.39 is 97.5 Å². The zero-order chi connectivity index (χ0) is 74.4. The molecule has 0 aliphatic heterocycles. The summed E-state index contributed by atoms with van der Waals surface area (Å²) in [6.45, 7) is 11.9. The summed E-state index contributed by atoms with van der Waals surface area (Å²) in [5.74, 6) is 0.159. The number of aliphatic hydroxyl groups is 1. The minimum Gasteiger partial charge on any atom is -0.462 e. The van der Waals surface area contributed by atoms with Crippen LogP contribution in [0.4, 0.5) is 0 Å².